The Labute approximate surface area is 303 Å². The van der Waals surface area contributed by atoms with Crippen LogP contribution in [0.4, 0.5) is 37.7 Å². The van der Waals surface area contributed by atoms with E-state index in [-0.39, 0.29) is 55.1 Å². The third kappa shape index (κ3) is 15.9. The lowest BCUT2D eigenvalue weighted by atomic mass is 10.1. The minimum atomic E-state index is -4.36. The van der Waals surface area contributed by atoms with Crippen LogP contribution < -0.4 is 21.3 Å². The van der Waals surface area contributed by atoms with E-state index in [1.165, 1.54) is 24.5 Å². The van der Waals surface area contributed by atoms with Gasteiger partial charge < -0.3 is 26.7 Å². The fraction of sp³-hybridized carbons (Fsp3) is 0.357. The van der Waals surface area contributed by atoms with Crippen LogP contribution in [0.15, 0.2) is 60.9 Å². The lowest BCUT2D eigenvalue weighted by Gasteiger charge is -2.12. The molecule has 0 unspecified atom stereocenters. The van der Waals surface area contributed by atoms with Crippen LogP contribution in [0.2, 0.25) is 0 Å². The maximum absolute atomic E-state index is 12.7. The van der Waals surface area contributed by atoms with Crippen molar-refractivity contribution in [2.45, 2.75) is 12.4 Å². The minimum Gasteiger partial charge on any atom is -0.412 e. The van der Waals surface area contributed by atoms with E-state index in [0.717, 1.165) is 61.8 Å². The largest absolute Gasteiger partial charge is 0.416 e. The predicted molar refractivity (Wildman–Crippen MR) is 190 cm³/mol. The normalized spacial score (nSPS) is 10.6. The molecule has 0 fully saturated rings. The quantitative estimate of drug-likeness (QED) is 0.0662. The van der Waals surface area contributed by atoms with Gasteiger partial charge in [0.15, 0.2) is 0 Å². The van der Waals surface area contributed by atoms with Crippen molar-refractivity contribution < 1.29 is 31.8 Å². The molecule has 2 aromatic carbocycles. The van der Waals surface area contributed by atoms with Crippen molar-refractivity contribution in [2.24, 2.45) is 0 Å². The second-order valence-electron chi connectivity index (χ2n) is 8.91. The van der Waals surface area contributed by atoms with E-state index in [4.69, 9.17) is 23.2 Å². The van der Waals surface area contributed by atoms with Crippen LogP contribution in [0.5, 0.6) is 0 Å². The Kier molecular flexibility index (Phi) is 25.5. The third-order valence-corrected chi connectivity index (χ3v) is 6.30. The molecule has 47 heavy (non-hydrogen) atoms. The molecule has 0 atom stereocenters. The van der Waals surface area contributed by atoms with Crippen LogP contribution >= 0.6 is 72.8 Å². The Balaban J connectivity index is -0.000000745. The summed E-state index contributed by atoms with van der Waals surface area (Å²) in [5.74, 6) is 1.08. The number of rotatable bonds is 12. The van der Waals surface area contributed by atoms with Gasteiger partial charge >= 0.3 is 12.4 Å². The Morgan fingerprint density at radius 1 is 0.532 bits per heavy atom. The first-order valence-corrected chi connectivity index (χ1v) is 14.0. The average molecular weight is 799 g/mol. The molecular formula is C28H36Cl6F6N6O. The summed E-state index contributed by atoms with van der Waals surface area (Å²) in [6.45, 7) is 4.17. The van der Waals surface area contributed by atoms with Crippen molar-refractivity contribution >= 4 is 106 Å². The summed E-state index contributed by atoms with van der Waals surface area (Å²) in [4.78, 5) is 8.00. The van der Waals surface area contributed by atoms with Crippen molar-refractivity contribution in [3.05, 3.63) is 72.1 Å². The molecule has 0 saturated heterocycles. The van der Waals surface area contributed by atoms with Crippen LogP contribution in [0.25, 0.3) is 21.8 Å². The van der Waals surface area contributed by atoms with E-state index in [9.17, 15) is 26.3 Å². The van der Waals surface area contributed by atoms with Gasteiger partial charge in [0.25, 0.3) is 0 Å². The number of nitrogens with one attached hydrogen (secondary N) is 4. The van der Waals surface area contributed by atoms with Gasteiger partial charge in [-0.25, -0.2) is 0 Å². The van der Waals surface area contributed by atoms with E-state index >= 15 is 0 Å². The Bertz CT molecular complexity index is 1330. The number of nitrogens with zero attached hydrogens (tertiary/aromatic N) is 2. The van der Waals surface area contributed by atoms with Gasteiger partial charge in [-0.2, -0.15) is 26.3 Å². The number of fused-ring (bicyclic) bond motifs is 2. The summed E-state index contributed by atoms with van der Waals surface area (Å²) in [6, 6.07) is 10.6. The SMILES string of the molecule is Cl.Cl.Cl.Cl.FC(F)(F)c1ccc2c(NCCNCCCl)ccnc2c1.FC(F)(F)c1ccc2c(NCCNCCCl)ccnc2c1.O. The molecule has 0 aliphatic carbocycles. The molecule has 6 N–H and O–H groups in total. The van der Waals surface area contributed by atoms with Crippen molar-refractivity contribution in [3.63, 3.8) is 0 Å². The molecule has 0 radical (unpaired) electrons. The van der Waals surface area contributed by atoms with Crippen molar-refractivity contribution in [1.82, 2.24) is 20.6 Å². The Morgan fingerprint density at radius 3 is 1.21 bits per heavy atom. The maximum Gasteiger partial charge on any atom is 0.416 e. The fourth-order valence-electron chi connectivity index (χ4n) is 3.91. The first-order valence-electron chi connectivity index (χ1n) is 13.0. The van der Waals surface area contributed by atoms with Crippen LogP contribution in [-0.4, -0.2) is 66.5 Å². The zero-order valence-corrected chi connectivity index (χ0v) is 29.3. The molecule has 4 aromatic rings. The molecule has 0 amide bonds. The molecular weight excluding hydrogens is 763 g/mol. The number of benzene rings is 2. The molecule has 7 nitrogen and oxygen atoms in total. The molecule has 19 heteroatoms. The number of anilines is 2. The van der Waals surface area contributed by atoms with Crippen molar-refractivity contribution in [1.29, 1.82) is 0 Å². The zero-order valence-electron chi connectivity index (χ0n) is 24.5. The molecule has 4 rings (SSSR count). The highest BCUT2D eigenvalue weighted by Crippen LogP contribution is 2.33. The van der Waals surface area contributed by atoms with E-state index in [0.29, 0.717) is 46.7 Å². The smallest absolute Gasteiger partial charge is 0.412 e. The Hall–Kier alpha value is -1.94. The summed E-state index contributed by atoms with van der Waals surface area (Å²) >= 11 is 11.1. The summed E-state index contributed by atoms with van der Waals surface area (Å²) < 4.78 is 76.0. The summed E-state index contributed by atoms with van der Waals surface area (Å²) in [5, 5.41) is 13.9. The second-order valence-corrected chi connectivity index (χ2v) is 9.66. The van der Waals surface area contributed by atoms with E-state index in [2.05, 4.69) is 31.2 Å². The van der Waals surface area contributed by atoms with Gasteiger partial charge in [-0.05, 0) is 36.4 Å². The van der Waals surface area contributed by atoms with Gasteiger partial charge in [0, 0.05) is 85.6 Å². The van der Waals surface area contributed by atoms with Crippen molar-refractivity contribution in [3.8, 4) is 0 Å². The van der Waals surface area contributed by atoms with Crippen LogP contribution in [-0.2, 0) is 12.4 Å². The van der Waals surface area contributed by atoms with Gasteiger partial charge in [-0.3, -0.25) is 9.97 Å². The molecule has 268 valence electrons. The van der Waals surface area contributed by atoms with E-state index in [1.807, 2.05) is 0 Å². The fourth-order valence-corrected chi connectivity index (χ4v) is 4.18. The number of hydrogen-bond donors (Lipinski definition) is 4. The number of halogens is 12. The highest BCUT2D eigenvalue weighted by molar-refractivity contribution is 6.18. The van der Waals surface area contributed by atoms with Gasteiger partial charge in [0.1, 0.15) is 0 Å². The minimum absolute atomic E-state index is 0. The lowest BCUT2D eigenvalue weighted by molar-refractivity contribution is -0.138. The predicted octanol–water partition coefficient (Wildman–Crippen LogP) is 7.85. The zero-order chi connectivity index (χ0) is 30.6. The first-order chi connectivity index (χ1) is 20.0. The molecule has 2 heterocycles. The van der Waals surface area contributed by atoms with E-state index in [1.54, 1.807) is 12.1 Å². The standard InChI is InChI=1S/2C14H15ClF3N3.4ClH.H2O/c2*15-4-6-19-7-8-21-12-3-5-20-13-9-10(14(16,17)18)1-2-11(12)13;;;;;/h2*1-3,5,9,19H,4,6-8H2,(H,20,21);4*1H;1H2. The van der Waals surface area contributed by atoms with E-state index < -0.39 is 23.5 Å². The number of hydrogen-bond acceptors (Lipinski definition) is 6. The Morgan fingerprint density at radius 2 is 0.894 bits per heavy atom. The molecule has 2 aromatic heterocycles. The maximum atomic E-state index is 12.7. The monoisotopic (exact) mass is 796 g/mol. The molecule has 0 aliphatic heterocycles. The highest BCUT2D eigenvalue weighted by Gasteiger charge is 2.31. The van der Waals surface area contributed by atoms with Gasteiger partial charge in [0.05, 0.1) is 22.2 Å². The molecule has 0 bridgehead atoms. The van der Waals surface area contributed by atoms with Gasteiger partial charge in [-0.1, -0.05) is 12.1 Å². The number of alkyl halides is 8. The first kappa shape index (κ1) is 49.4. The number of aromatic nitrogens is 2. The topological polar surface area (TPSA) is 105 Å². The summed E-state index contributed by atoms with van der Waals surface area (Å²) in [7, 11) is 0. The number of pyridine rings is 2. The highest BCUT2D eigenvalue weighted by atomic mass is 35.5. The molecule has 0 aliphatic rings. The summed E-state index contributed by atoms with van der Waals surface area (Å²) in [5.41, 5.74) is 0.793. The van der Waals surface area contributed by atoms with Crippen LogP contribution in [0.1, 0.15) is 11.1 Å². The molecule has 0 spiro atoms. The third-order valence-electron chi connectivity index (χ3n) is 5.92. The lowest BCUT2D eigenvalue weighted by Crippen LogP contribution is -2.23. The van der Waals surface area contributed by atoms with Crippen LogP contribution in [0, 0.1) is 0 Å². The average Bonchev–Trinajstić information content (AvgIpc) is 2.96. The van der Waals surface area contributed by atoms with Crippen molar-refractivity contribution in [2.75, 3.05) is 61.7 Å². The van der Waals surface area contributed by atoms with Crippen LogP contribution in [0.3, 0.4) is 0 Å². The van der Waals surface area contributed by atoms with Gasteiger partial charge in [0.2, 0.25) is 0 Å². The summed E-state index contributed by atoms with van der Waals surface area (Å²) in [6.07, 6.45) is -5.72. The van der Waals surface area contributed by atoms with Gasteiger partial charge in [-0.15, -0.1) is 72.8 Å². The second kappa shape index (κ2) is 24.2. The molecule has 0 saturated carbocycles.